The first kappa shape index (κ1) is 42.2. The maximum Gasteiger partial charge on any atom is 0.201 e. The van der Waals surface area contributed by atoms with Crippen molar-refractivity contribution >= 4 is 16.6 Å². The normalized spacial score (nSPS) is 18.3. The van der Waals surface area contributed by atoms with Crippen LogP contribution in [0.25, 0.3) is 0 Å². The van der Waals surface area contributed by atoms with Gasteiger partial charge in [0.1, 0.15) is 5.75 Å². The molecular formula is C39H72O6Si2. The third-order valence-corrected chi connectivity index (χ3v) is 23.5. The highest BCUT2D eigenvalue weighted by Crippen LogP contribution is 2.49. The molecule has 0 amide bonds. The molecule has 272 valence electrons. The molecule has 2 rings (SSSR count). The van der Waals surface area contributed by atoms with Gasteiger partial charge in [-0.3, -0.25) is 0 Å². The Morgan fingerprint density at radius 2 is 1.28 bits per heavy atom. The van der Waals surface area contributed by atoms with Crippen LogP contribution >= 0.6 is 0 Å². The molecule has 1 aliphatic heterocycles. The molecule has 1 fully saturated rings. The first-order valence-corrected chi connectivity index (χ1v) is 22.7. The Hall–Kier alpha value is -1.01. The molecule has 47 heavy (non-hydrogen) atoms. The van der Waals surface area contributed by atoms with Gasteiger partial charge in [-0.2, -0.15) is 0 Å². The second-order valence-electron chi connectivity index (χ2n) is 15.8. The van der Waals surface area contributed by atoms with Crippen LogP contribution in [-0.2, 0) is 29.7 Å². The number of methoxy groups -OCH3 is 1. The van der Waals surface area contributed by atoms with Gasteiger partial charge in [0.25, 0.3) is 0 Å². The number of rotatable bonds is 20. The minimum Gasteiger partial charge on any atom is -0.497 e. The lowest BCUT2D eigenvalue weighted by atomic mass is 9.74. The van der Waals surface area contributed by atoms with E-state index in [2.05, 4.69) is 122 Å². The van der Waals surface area contributed by atoms with Crippen LogP contribution in [0.5, 0.6) is 5.75 Å². The van der Waals surface area contributed by atoms with E-state index in [1.165, 1.54) is 5.57 Å². The Balaban J connectivity index is 2.87. The maximum absolute atomic E-state index is 7.83. The number of hydrogen-bond donors (Lipinski definition) is 0. The van der Waals surface area contributed by atoms with Gasteiger partial charge >= 0.3 is 0 Å². The Kier molecular flexibility index (Phi) is 16.4. The Labute approximate surface area is 291 Å². The van der Waals surface area contributed by atoms with Crippen molar-refractivity contribution in [3.63, 3.8) is 0 Å². The Morgan fingerprint density at radius 3 is 1.68 bits per heavy atom. The van der Waals surface area contributed by atoms with Gasteiger partial charge < -0.3 is 27.8 Å². The van der Waals surface area contributed by atoms with Crippen molar-refractivity contribution in [3.8, 4) is 5.75 Å². The van der Waals surface area contributed by atoms with Crippen LogP contribution in [0.3, 0.4) is 0 Å². The molecule has 1 aromatic rings. The van der Waals surface area contributed by atoms with Gasteiger partial charge in [0.05, 0.1) is 51.2 Å². The van der Waals surface area contributed by atoms with E-state index in [1.54, 1.807) is 7.11 Å². The monoisotopic (exact) mass is 692 g/mol. The van der Waals surface area contributed by atoms with Crippen molar-refractivity contribution in [3.05, 3.63) is 41.5 Å². The molecule has 8 heteroatoms. The van der Waals surface area contributed by atoms with E-state index in [0.717, 1.165) is 17.7 Å². The van der Waals surface area contributed by atoms with E-state index in [0.29, 0.717) is 59.7 Å². The molecule has 0 unspecified atom stereocenters. The highest BCUT2D eigenvalue weighted by Gasteiger charge is 2.55. The standard InChI is InChI=1S/C39H72O6Si2/c1-17-18-33(14)39(15,38-41-23-24-42-38)37(43-25-34-19-21-35(40-16)22-20-34)36(45-47(30(8)9,31(10)11)32(12)13)26-44-46(27(2)3,28(4)5)29(6)7/h18-22,27-32,36-38H,17,23-26H2,1-16H3/b33-18+/t36-,37+,39+/m1/s1. The molecular weight excluding hydrogens is 621 g/mol. The molecule has 1 aliphatic rings. The van der Waals surface area contributed by atoms with E-state index < -0.39 is 34.4 Å². The van der Waals surface area contributed by atoms with Crippen LogP contribution < -0.4 is 4.74 Å². The van der Waals surface area contributed by atoms with Crippen LogP contribution in [-0.4, -0.2) is 62.1 Å². The van der Waals surface area contributed by atoms with E-state index >= 15 is 0 Å². The second-order valence-corrected chi connectivity index (χ2v) is 26.7. The number of benzene rings is 1. The summed E-state index contributed by atoms with van der Waals surface area (Å²) in [5, 5.41) is 0. The minimum absolute atomic E-state index is 0.326. The van der Waals surface area contributed by atoms with Gasteiger partial charge in [0.2, 0.25) is 8.32 Å². The number of allylic oxidation sites excluding steroid dienone is 1. The summed E-state index contributed by atoms with van der Waals surface area (Å²) in [7, 11) is -2.92. The van der Waals surface area contributed by atoms with Crippen molar-refractivity contribution < 1.29 is 27.8 Å². The van der Waals surface area contributed by atoms with Crippen LogP contribution in [0.1, 0.15) is 116 Å². The summed E-state index contributed by atoms with van der Waals surface area (Å²) in [6.45, 7) is 37.0. The SMILES string of the molecule is CC/C=C(\C)[C@](C)(C1OCCO1)[C@@H](OCc1ccc(OC)cc1)[C@@H](CO[Si](C(C)C)(C(C)C)C(C)C)O[Si](C(C)C)(C(C)C)C(C)C. The summed E-state index contributed by atoms with van der Waals surface area (Å²) in [5.74, 6) is 0.832. The maximum atomic E-state index is 7.83. The van der Waals surface area contributed by atoms with Gasteiger partial charge in [-0.05, 0) is 71.2 Å². The zero-order valence-electron chi connectivity index (χ0n) is 33.1. The molecule has 1 aromatic carbocycles. The lowest BCUT2D eigenvalue weighted by Gasteiger charge is -2.51. The first-order valence-electron chi connectivity index (χ1n) is 18.4. The van der Waals surface area contributed by atoms with Crippen LogP contribution in [0.2, 0.25) is 33.2 Å². The summed E-state index contributed by atoms with van der Waals surface area (Å²) in [4.78, 5) is 0. The van der Waals surface area contributed by atoms with Crippen LogP contribution in [0.4, 0.5) is 0 Å². The minimum atomic E-state index is -2.39. The quantitative estimate of drug-likeness (QED) is 0.100. The lowest BCUT2D eigenvalue weighted by Crippen LogP contribution is -2.60. The molecule has 0 spiro atoms. The van der Waals surface area contributed by atoms with Crippen molar-refractivity contribution in [2.45, 2.75) is 169 Å². The third kappa shape index (κ3) is 9.22. The molecule has 1 saturated heterocycles. The zero-order valence-corrected chi connectivity index (χ0v) is 35.1. The van der Waals surface area contributed by atoms with Crippen molar-refractivity contribution in [1.82, 2.24) is 0 Å². The fourth-order valence-corrected chi connectivity index (χ4v) is 19.9. The largest absolute Gasteiger partial charge is 0.497 e. The number of hydrogen-bond acceptors (Lipinski definition) is 6. The van der Waals surface area contributed by atoms with E-state index in [9.17, 15) is 0 Å². The van der Waals surface area contributed by atoms with Crippen LogP contribution in [0.15, 0.2) is 35.9 Å². The van der Waals surface area contributed by atoms with Crippen molar-refractivity contribution in [2.24, 2.45) is 5.41 Å². The first-order chi connectivity index (χ1) is 22.0. The predicted molar refractivity (Wildman–Crippen MR) is 202 cm³/mol. The molecule has 0 N–H and O–H groups in total. The average Bonchev–Trinajstić information content (AvgIpc) is 3.54. The molecule has 0 saturated carbocycles. The summed E-state index contributed by atoms with van der Waals surface area (Å²) >= 11 is 0. The summed E-state index contributed by atoms with van der Waals surface area (Å²) < 4.78 is 40.8. The summed E-state index contributed by atoms with van der Waals surface area (Å²) in [6.07, 6.45) is 2.05. The molecule has 1 heterocycles. The summed E-state index contributed by atoms with van der Waals surface area (Å²) in [6, 6.07) is 8.16. The van der Waals surface area contributed by atoms with Gasteiger partial charge in [-0.25, -0.2) is 0 Å². The van der Waals surface area contributed by atoms with Gasteiger partial charge in [-0.1, -0.05) is 114 Å². The van der Waals surface area contributed by atoms with Gasteiger partial charge in [0.15, 0.2) is 14.6 Å². The molecule has 6 nitrogen and oxygen atoms in total. The predicted octanol–water partition coefficient (Wildman–Crippen LogP) is 11.1. The fourth-order valence-electron chi connectivity index (χ4n) is 8.93. The van der Waals surface area contributed by atoms with Crippen molar-refractivity contribution in [1.29, 1.82) is 0 Å². The molecule has 0 aliphatic carbocycles. The highest BCUT2D eigenvalue weighted by molar-refractivity contribution is 6.78. The van der Waals surface area contributed by atoms with Gasteiger partial charge in [0, 0.05) is 0 Å². The van der Waals surface area contributed by atoms with E-state index in [-0.39, 0.29) is 6.10 Å². The second kappa shape index (κ2) is 18.3. The molecule has 0 aromatic heterocycles. The highest BCUT2D eigenvalue weighted by atomic mass is 28.4. The average molecular weight is 693 g/mol. The fraction of sp³-hybridized carbons (Fsp3) is 0.795. The van der Waals surface area contributed by atoms with Crippen molar-refractivity contribution in [2.75, 3.05) is 26.9 Å². The topological polar surface area (TPSA) is 55.4 Å². The van der Waals surface area contributed by atoms with Crippen LogP contribution in [0, 0.1) is 5.41 Å². The zero-order chi connectivity index (χ0) is 35.7. The Morgan fingerprint density at radius 1 is 0.809 bits per heavy atom. The molecule has 0 radical (unpaired) electrons. The number of ether oxygens (including phenoxy) is 4. The van der Waals surface area contributed by atoms with E-state index in [1.807, 2.05) is 12.1 Å². The molecule has 3 atom stereocenters. The Bertz CT molecular complexity index is 1030. The van der Waals surface area contributed by atoms with E-state index in [4.69, 9.17) is 27.8 Å². The summed E-state index contributed by atoms with van der Waals surface area (Å²) in [5.41, 5.74) is 4.27. The molecule has 0 bridgehead atoms. The lowest BCUT2D eigenvalue weighted by molar-refractivity contribution is -0.193. The third-order valence-electron chi connectivity index (χ3n) is 11.3. The smallest absolute Gasteiger partial charge is 0.201 e. The van der Waals surface area contributed by atoms with Gasteiger partial charge in [-0.15, -0.1) is 0 Å².